The lowest BCUT2D eigenvalue weighted by atomic mass is 10.1. The standard InChI is InChI=1S/C10H8F4N2O2/c1-17-8-7(5-11)4-6(2-3-15)9(16-8)18-10(12,13)14/h4H,2,5H2,1H3. The van der Waals surface area contributed by atoms with Gasteiger partial charge in [0.15, 0.2) is 0 Å². The van der Waals surface area contributed by atoms with Gasteiger partial charge < -0.3 is 9.47 Å². The Morgan fingerprint density at radius 1 is 1.33 bits per heavy atom. The summed E-state index contributed by atoms with van der Waals surface area (Å²) < 4.78 is 57.3. The summed E-state index contributed by atoms with van der Waals surface area (Å²) in [7, 11) is 1.14. The average Bonchev–Trinajstić information content (AvgIpc) is 2.29. The summed E-state index contributed by atoms with van der Waals surface area (Å²) in [5, 5.41) is 8.49. The maximum atomic E-state index is 12.6. The summed E-state index contributed by atoms with van der Waals surface area (Å²) in [6.45, 7) is -0.971. The van der Waals surface area contributed by atoms with Gasteiger partial charge in [-0.3, -0.25) is 0 Å². The van der Waals surface area contributed by atoms with Crippen molar-refractivity contribution in [3.05, 3.63) is 17.2 Å². The molecule has 0 amide bonds. The molecule has 0 fully saturated rings. The predicted octanol–water partition coefficient (Wildman–Crippen LogP) is 2.52. The smallest absolute Gasteiger partial charge is 0.481 e. The highest BCUT2D eigenvalue weighted by molar-refractivity contribution is 5.39. The van der Waals surface area contributed by atoms with Crippen molar-refractivity contribution < 1.29 is 27.0 Å². The zero-order valence-corrected chi connectivity index (χ0v) is 9.21. The molecule has 0 saturated heterocycles. The fraction of sp³-hybridized carbons (Fsp3) is 0.400. The van der Waals surface area contributed by atoms with E-state index < -0.39 is 18.9 Å². The SMILES string of the molecule is COc1nc(OC(F)(F)F)c(CC#N)cc1CF. The molecule has 4 nitrogen and oxygen atoms in total. The monoisotopic (exact) mass is 264 g/mol. The Kier molecular flexibility index (Phi) is 4.31. The first-order valence-electron chi connectivity index (χ1n) is 4.66. The van der Waals surface area contributed by atoms with Crippen LogP contribution in [0.1, 0.15) is 11.1 Å². The summed E-state index contributed by atoms with van der Waals surface area (Å²) in [5.41, 5.74) is -0.194. The number of alkyl halides is 4. The van der Waals surface area contributed by atoms with Gasteiger partial charge >= 0.3 is 6.36 Å². The maximum absolute atomic E-state index is 12.6. The van der Waals surface area contributed by atoms with E-state index in [-0.39, 0.29) is 23.4 Å². The van der Waals surface area contributed by atoms with Gasteiger partial charge in [-0.1, -0.05) is 0 Å². The molecule has 0 bridgehead atoms. The molecule has 1 aromatic heterocycles. The molecule has 0 aliphatic heterocycles. The van der Waals surface area contributed by atoms with Crippen molar-refractivity contribution in [3.8, 4) is 17.8 Å². The lowest BCUT2D eigenvalue weighted by molar-refractivity contribution is -0.276. The van der Waals surface area contributed by atoms with Gasteiger partial charge in [-0.05, 0) is 6.07 Å². The highest BCUT2D eigenvalue weighted by atomic mass is 19.4. The Labute approximate surface area is 99.8 Å². The number of pyridine rings is 1. The number of nitrogens with zero attached hydrogens (tertiary/aromatic N) is 2. The van der Waals surface area contributed by atoms with Gasteiger partial charge in [-0.2, -0.15) is 10.2 Å². The number of hydrogen-bond donors (Lipinski definition) is 0. The van der Waals surface area contributed by atoms with Crippen LogP contribution in [0.3, 0.4) is 0 Å². The Bertz CT molecular complexity index is 468. The lowest BCUT2D eigenvalue weighted by Crippen LogP contribution is -2.19. The molecule has 8 heteroatoms. The Morgan fingerprint density at radius 3 is 2.44 bits per heavy atom. The summed E-state index contributed by atoms with van der Waals surface area (Å²) in [6, 6.07) is 2.71. The van der Waals surface area contributed by atoms with Crippen LogP contribution in [0.2, 0.25) is 0 Å². The largest absolute Gasteiger partial charge is 0.574 e. The van der Waals surface area contributed by atoms with E-state index in [0.717, 1.165) is 13.2 Å². The summed E-state index contributed by atoms with van der Waals surface area (Å²) in [6.07, 6.45) is -5.32. The van der Waals surface area contributed by atoms with Crippen LogP contribution >= 0.6 is 0 Å². The average molecular weight is 264 g/mol. The second-order valence-corrected chi connectivity index (χ2v) is 3.14. The van der Waals surface area contributed by atoms with E-state index in [4.69, 9.17) is 5.26 Å². The third-order valence-electron chi connectivity index (χ3n) is 1.92. The molecule has 0 N–H and O–H groups in total. The topological polar surface area (TPSA) is 55.1 Å². The predicted molar refractivity (Wildman–Crippen MR) is 51.6 cm³/mol. The summed E-state index contributed by atoms with van der Waals surface area (Å²) in [5.74, 6) is -1.11. The van der Waals surface area contributed by atoms with Crippen molar-refractivity contribution in [2.75, 3.05) is 7.11 Å². The van der Waals surface area contributed by atoms with Crippen LogP contribution in [0.25, 0.3) is 0 Å². The number of aromatic nitrogens is 1. The number of hydrogen-bond acceptors (Lipinski definition) is 4. The molecule has 98 valence electrons. The lowest BCUT2D eigenvalue weighted by Gasteiger charge is -2.13. The van der Waals surface area contributed by atoms with Crippen LogP contribution in [0.4, 0.5) is 17.6 Å². The van der Waals surface area contributed by atoms with E-state index in [1.165, 1.54) is 0 Å². The number of halogens is 4. The molecule has 0 unspecified atom stereocenters. The van der Waals surface area contributed by atoms with Crippen molar-refractivity contribution in [2.24, 2.45) is 0 Å². The fourth-order valence-corrected chi connectivity index (χ4v) is 1.25. The van der Waals surface area contributed by atoms with Crippen LogP contribution in [0.15, 0.2) is 6.07 Å². The molecule has 0 aliphatic rings. The number of methoxy groups -OCH3 is 1. The first-order chi connectivity index (χ1) is 8.41. The highest BCUT2D eigenvalue weighted by Crippen LogP contribution is 2.30. The molecule has 1 aromatic rings. The molecule has 1 heterocycles. The van der Waals surface area contributed by atoms with E-state index in [0.29, 0.717) is 0 Å². The minimum atomic E-state index is -4.94. The molecular weight excluding hydrogens is 256 g/mol. The van der Waals surface area contributed by atoms with E-state index >= 15 is 0 Å². The molecule has 0 atom stereocenters. The van der Waals surface area contributed by atoms with Gasteiger partial charge in [0.2, 0.25) is 11.8 Å². The van der Waals surface area contributed by atoms with Crippen LogP contribution in [0, 0.1) is 11.3 Å². The van der Waals surface area contributed by atoms with Gasteiger partial charge in [0, 0.05) is 11.1 Å². The third kappa shape index (κ3) is 3.48. The van der Waals surface area contributed by atoms with Gasteiger partial charge in [-0.15, -0.1) is 13.2 Å². The number of rotatable bonds is 4. The van der Waals surface area contributed by atoms with Gasteiger partial charge in [0.25, 0.3) is 0 Å². The third-order valence-corrected chi connectivity index (χ3v) is 1.92. The van der Waals surface area contributed by atoms with E-state index in [9.17, 15) is 17.6 Å². The van der Waals surface area contributed by atoms with E-state index in [1.807, 2.05) is 0 Å². The van der Waals surface area contributed by atoms with E-state index in [2.05, 4.69) is 14.5 Å². The number of nitriles is 1. The molecule has 18 heavy (non-hydrogen) atoms. The molecule has 0 aromatic carbocycles. The summed E-state index contributed by atoms with van der Waals surface area (Å²) in [4.78, 5) is 3.41. The Hall–Kier alpha value is -2.04. The Morgan fingerprint density at radius 2 is 2.00 bits per heavy atom. The molecular formula is C10H8F4N2O2. The fourth-order valence-electron chi connectivity index (χ4n) is 1.25. The second kappa shape index (κ2) is 5.53. The zero-order valence-electron chi connectivity index (χ0n) is 9.21. The van der Waals surface area contributed by atoms with Crippen LogP contribution in [0.5, 0.6) is 11.8 Å². The van der Waals surface area contributed by atoms with Crippen LogP contribution in [-0.2, 0) is 13.1 Å². The van der Waals surface area contributed by atoms with Crippen LogP contribution in [-0.4, -0.2) is 18.5 Å². The maximum Gasteiger partial charge on any atom is 0.574 e. The van der Waals surface area contributed by atoms with Crippen molar-refractivity contribution in [2.45, 2.75) is 19.5 Å². The zero-order chi connectivity index (χ0) is 13.8. The van der Waals surface area contributed by atoms with Crippen molar-refractivity contribution in [1.29, 1.82) is 5.26 Å². The molecule has 0 saturated carbocycles. The molecule has 0 spiro atoms. The van der Waals surface area contributed by atoms with E-state index in [1.54, 1.807) is 6.07 Å². The molecule has 1 rings (SSSR count). The summed E-state index contributed by atoms with van der Waals surface area (Å²) >= 11 is 0. The molecule has 0 radical (unpaired) electrons. The molecule has 0 aliphatic carbocycles. The van der Waals surface area contributed by atoms with Gasteiger partial charge in [-0.25, -0.2) is 4.39 Å². The van der Waals surface area contributed by atoms with Crippen molar-refractivity contribution >= 4 is 0 Å². The first kappa shape index (κ1) is 14.0. The quantitative estimate of drug-likeness (QED) is 0.784. The minimum absolute atomic E-state index is 0.0442. The van der Waals surface area contributed by atoms with Crippen LogP contribution < -0.4 is 9.47 Å². The highest BCUT2D eigenvalue weighted by Gasteiger charge is 2.33. The Balaban J connectivity index is 3.25. The van der Waals surface area contributed by atoms with Gasteiger partial charge in [0.05, 0.1) is 19.6 Å². The normalized spacial score (nSPS) is 10.9. The number of ether oxygens (including phenoxy) is 2. The first-order valence-corrected chi connectivity index (χ1v) is 4.66. The second-order valence-electron chi connectivity index (χ2n) is 3.14. The minimum Gasteiger partial charge on any atom is -0.481 e. The van der Waals surface area contributed by atoms with Crippen molar-refractivity contribution in [1.82, 2.24) is 4.98 Å². The van der Waals surface area contributed by atoms with Crippen molar-refractivity contribution in [3.63, 3.8) is 0 Å². The van der Waals surface area contributed by atoms with Gasteiger partial charge in [0.1, 0.15) is 6.67 Å².